The third-order valence-corrected chi connectivity index (χ3v) is 5.72. The number of aryl methyl sites for hydroxylation is 1. The van der Waals surface area contributed by atoms with E-state index in [4.69, 9.17) is 0 Å². The Bertz CT molecular complexity index is 1110. The molecule has 2 aromatic carbocycles. The van der Waals surface area contributed by atoms with Gasteiger partial charge in [0.25, 0.3) is 0 Å². The molecule has 4 rings (SSSR count). The van der Waals surface area contributed by atoms with Crippen molar-refractivity contribution in [2.45, 2.75) is 19.9 Å². The summed E-state index contributed by atoms with van der Waals surface area (Å²) in [4.78, 5) is 23.2. The van der Waals surface area contributed by atoms with E-state index in [-0.39, 0.29) is 5.91 Å². The Morgan fingerprint density at radius 3 is 2.48 bits per heavy atom. The molecule has 2 heterocycles. The summed E-state index contributed by atoms with van der Waals surface area (Å²) in [6.45, 7) is 3.16. The first-order chi connectivity index (χ1) is 14.2. The van der Waals surface area contributed by atoms with Gasteiger partial charge in [-0.3, -0.25) is 4.79 Å². The lowest BCUT2D eigenvalue weighted by Gasteiger charge is -2.09. The number of nitrogens with zero attached hydrogens (tertiary/aromatic N) is 2. The van der Waals surface area contributed by atoms with Crippen LogP contribution < -0.4 is 10.6 Å². The number of carbonyl (C=O) groups is 1. The van der Waals surface area contributed by atoms with Crippen molar-refractivity contribution in [3.63, 3.8) is 0 Å². The molecule has 4 aromatic rings. The molecule has 29 heavy (non-hydrogen) atoms. The lowest BCUT2D eigenvalue weighted by molar-refractivity contribution is -0.121. The summed E-state index contributed by atoms with van der Waals surface area (Å²) in [5, 5.41) is 7.31. The molecule has 0 aliphatic rings. The van der Waals surface area contributed by atoms with E-state index in [2.05, 4.69) is 39.7 Å². The Labute approximate surface area is 173 Å². The Balaban J connectivity index is 1.45. The molecule has 0 bridgehead atoms. The minimum Gasteiger partial charge on any atom is -0.369 e. The zero-order valence-corrected chi connectivity index (χ0v) is 17.0. The van der Waals surface area contributed by atoms with Gasteiger partial charge in [0, 0.05) is 30.0 Å². The van der Waals surface area contributed by atoms with Gasteiger partial charge < -0.3 is 10.6 Å². The van der Waals surface area contributed by atoms with Crippen molar-refractivity contribution in [2.24, 2.45) is 0 Å². The van der Waals surface area contributed by atoms with Crippen LogP contribution in [-0.2, 0) is 11.3 Å². The minimum atomic E-state index is 0.0106. The third kappa shape index (κ3) is 4.43. The molecule has 2 aromatic heterocycles. The predicted molar refractivity (Wildman–Crippen MR) is 119 cm³/mol. The molecule has 0 unspecified atom stereocenters. The van der Waals surface area contributed by atoms with Crippen LogP contribution in [0.5, 0.6) is 0 Å². The van der Waals surface area contributed by atoms with Gasteiger partial charge in [0.05, 0.1) is 5.39 Å². The van der Waals surface area contributed by atoms with E-state index in [9.17, 15) is 4.79 Å². The summed E-state index contributed by atoms with van der Waals surface area (Å²) in [5.41, 5.74) is 3.39. The fraction of sp³-hybridized carbons (Fsp3) is 0.174. The van der Waals surface area contributed by atoms with Crippen LogP contribution in [0.25, 0.3) is 21.3 Å². The van der Waals surface area contributed by atoms with Crippen LogP contribution in [0.3, 0.4) is 0 Å². The first kappa shape index (κ1) is 19.1. The molecule has 0 spiro atoms. The average Bonchev–Trinajstić information content (AvgIpc) is 3.10. The summed E-state index contributed by atoms with van der Waals surface area (Å²) in [6, 6.07) is 20.2. The van der Waals surface area contributed by atoms with Crippen molar-refractivity contribution in [2.75, 3.05) is 11.9 Å². The van der Waals surface area contributed by atoms with E-state index in [1.165, 1.54) is 4.88 Å². The largest absolute Gasteiger partial charge is 0.369 e. The first-order valence-corrected chi connectivity index (χ1v) is 10.4. The number of anilines is 1. The molecule has 0 aliphatic carbocycles. The minimum absolute atomic E-state index is 0.0106. The molecule has 6 heteroatoms. The van der Waals surface area contributed by atoms with Gasteiger partial charge in [0.2, 0.25) is 5.91 Å². The van der Waals surface area contributed by atoms with Crippen molar-refractivity contribution < 1.29 is 4.79 Å². The number of aromatic nitrogens is 2. The smallest absolute Gasteiger partial charge is 0.222 e. The van der Waals surface area contributed by atoms with Crippen molar-refractivity contribution in [3.05, 3.63) is 77.4 Å². The molecule has 0 atom stereocenters. The molecular weight excluding hydrogens is 380 g/mol. The molecule has 5 nitrogen and oxygen atoms in total. The fourth-order valence-corrected chi connectivity index (χ4v) is 4.32. The number of fused-ring (bicyclic) bond motifs is 1. The molecule has 0 fully saturated rings. The van der Waals surface area contributed by atoms with E-state index in [1.54, 1.807) is 17.7 Å². The second-order valence-corrected chi connectivity index (χ2v) is 7.94. The summed E-state index contributed by atoms with van der Waals surface area (Å²) in [7, 11) is 0. The Morgan fingerprint density at radius 2 is 1.72 bits per heavy atom. The molecule has 0 saturated carbocycles. The number of hydrogen-bond acceptors (Lipinski definition) is 5. The van der Waals surface area contributed by atoms with E-state index >= 15 is 0 Å². The zero-order valence-electron chi connectivity index (χ0n) is 16.2. The van der Waals surface area contributed by atoms with Crippen LogP contribution in [-0.4, -0.2) is 22.4 Å². The van der Waals surface area contributed by atoms with Gasteiger partial charge in [-0.1, -0.05) is 60.7 Å². The Kier molecular flexibility index (Phi) is 5.81. The second kappa shape index (κ2) is 8.84. The van der Waals surface area contributed by atoms with Crippen LogP contribution in [0.4, 0.5) is 5.82 Å². The molecule has 146 valence electrons. The van der Waals surface area contributed by atoms with Crippen LogP contribution >= 0.6 is 11.3 Å². The highest BCUT2D eigenvalue weighted by Crippen LogP contribution is 2.40. The highest BCUT2D eigenvalue weighted by Gasteiger charge is 2.16. The monoisotopic (exact) mass is 402 g/mol. The van der Waals surface area contributed by atoms with Gasteiger partial charge in [0.1, 0.15) is 17.0 Å². The third-order valence-electron chi connectivity index (χ3n) is 4.70. The maximum absolute atomic E-state index is 12.2. The van der Waals surface area contributed by atoms with Crippen LogP contribution in [0.1, 0.15) is 16.9 Å². The van der Waals surface area contributed by atoms with E-state index in [0.717, 1.165) is 32.7 Å². The Hall–Kier alpha value is -3.25. The number of benzene rings is 2. The van der Waals surface area contributed by atoms with Gasteiger partial charge in [-0.05, 0) is 18.1 Å². The van der Waals surface area contributed by atoms with Crippen molar-refractivity contribution >= 4 is 33.3 Å². The second-order valence-electron chi connectivity index (χ2n) is 6.74. The number of hydrogen-bond donors (Lipinski definition) is 2. The van der Waals surface area contributed by atoms with Crippen LogP contribution in [0.15, 0.2) is 67.0 Å². The summed E-state index contributed by atoms with van der Waals surface area (Å²) in [6.07, 6.45) is 1.95. The maximum Gasteiger partial charge on any atom is 0.222 e. The van der Waals surface area contributed by atoms with Crippen molar-refractivity contribution in [1.29, 1.82) is 0 Å². The van der Waals surface area contributed by atoms with Gasteiger partial charge in [0.15, 0.2) is 0 Å². The molecule has 0 aliphatic heterocycles. The topological polar surface area (TPSA) is 66.9 Å². The van der Waals surface area contributed by atoms with Crippen molar-refractivity contribution in [3.8, 4) is 11.1 Å². The van der Waals surface area contributed by atoms with Gasteiger partial charge in [-0.2, -0.15) is 0 Å². The molecule has 0 radical (unpaired) electrons. The summed E-state index contributed by atoms with van der Waals surface area (Å²) < 4.78 is 0. The number of rotatable bonds is 7. The maximum atomic E-state index is 12.2. The van der Waals surface area contributed by atoms with E-state index in [1.807, 2.05) is 48.5 Å². The van der Waals surface area contributed by atoms with Crippen LogP contribution in [0.2, 0.25) is 0 Å². The fourth-order valence-electron chi connectivity index (χ4n) is 3.31. The van der Waals surface area contributed by atoms with Gasteiger partial charge in [-0.15, -0.1) is 11.3 Å². The Morgan fingerprint density at radius 1 is 1.00 bits per heavy atom. The normalized spacial score (nSPS) is 10.8. The van der Waals surface area contributed by atoms with Crippen molar-refractivity contribution in [1.82, 2.24) is 15.3 Å². The highest BCUT2D eigenvalue weighted by molar-refractivity contribution is 7.19. The highest BCUT2D eigenvalue weighted by atomic mass is 32.1. The molecule has 0 saturated heterocycles. The molecule has 1 amide bonds. The predicted octanol–water partition coefficient (Wildman–Crippen LogP) is 4.79. The summed E-state index contributed by atoms with van der Waals surface area (Å²) in [5.74, 6) is 0.783. The number of nitrogens with one attached hydrogen (secondary N) is 2. The average molecular weight is 403 g/mol. The van der Waals surface area contributed by atoms with Gasteiger partial charge in [-0.25, -0.2) is 9.97 Å². The summed E-state index contributed by atoms with van der Waals surface area (Å²) >= 11 is 1.66. The van der Waals surface area contributed by atoms with Gasteiger partial charge >= 0.3 is 0 Å². The first-order valence-electron chi connectivity index (χ1n) is 9.56. The van der Waals surface area contributed by atoms with E-state index < -0.39 is 0 Å². The lowest BCUT2D eigenvalue weighted by atomic mass is 10.0. The van der Waals surface area contributed by atoms with Crippen LogP contribution in [0, 0.1) is 6.92 Å². The SMILES string of the molecule is Cc1sc2ncnc(NCCC(=O)NCc3ccccc3)c2c1-c1ccccc1. The number of carbonyl (C=O) groups excluding carboxylic acids is 1. The molecular formula is C23H22N4OS. The molecule has 2 N–H and O–H groups in total. The quantitative estimate of drug-likeness (QED) is 0.467. The standard InChI is InChI=1S/C23H22N4OS/c1-16-20(18-10-6-3-7-11-18)21-22(26-15-27-23(21)29-16)24-13-12-19(28)25-14-17-8-4-2-5-9-17/h2-11,15H,12-14H2,1H3,(H,25,28)(H,24,26,27). The number of amides is 1. The zero-order chi connectivity index (χ0) is 20.1. The lowest BCUT2D eigenvalue weighted by Crippen LogP contribution is -2.25. The number of thiophene rings is 1. The van der Waals surface area contributed by atoms with E-state index in [0.29, 0.717) is 19.5 Å².